The molecule has 0 atom stereocenters. The van der Waals surface area contributed by atoms with Crippen LogP contribution in [-0.4, -0.2) is 46.4 Å². The van der Waals surface area contributed by atoms with Gasteiger partial charge in [-0.25, -0.2) is 15.0 Å². The van der Waals surface area contributed by atoms with Gasteiger partial charge in [-0.05, 0) is 59.8 Å². The molecule has 0 unspecified atom stereocenters. The van der Waals surface area contributed by atoms with E-state index < -0.39 is 49.6 Å². The van der Waals surface area contributed by atoms with Crippen LogP contribution in [0.5, 0.6) is 0 Å². The predicted molar refractivity (Wildman–Crippen MR) is 179 cm³/mol. The van der Waals surface area contributed by atoms with Crippen molar-refractivity contribution < 1.29 is 53.6 Å². The van der Waals surface area contributed by atoms with E-state index >= 15 is 0 Å². The monoisotopic (exact) mass is 814 g/mol. The van der Waals surface area contributed by atoms with E-state index in [0.29, 0.717) is 68.6 Å². The lowest BCUT2D eigenvalue weighted by Crippen LogP contribution is -2.11. The lowest BCUT2D eigenvalue weighted by atomic mass is 10.2. The minimum Gasteiger partial charge on any atom is -0.340 e. The SMILES string of the molecule is O=P1(Cc2ccc(Nc3nc(Cl)ncc3C(F)(F)F)cc2)OCCCO1.O=P1(Cc2ccc(Nc3ncc(C(F)(F)F)c(Cl)n3)cc2)OCCCO1. The molecule has 4 aromatic rings. The van der Waals surface area contributed by atoms with Gasteiger partial charge in [0.25, 0.3) is 0 Å². The summed E-state index contributed by atoms with van der Waals surface area (Å²) >= 11 is 11.2. The first-order valence-electron chi connectivity index (χ1n) is 15.2. The van der Waals surface area contributed by atoms with Crippen LogP contribution in [0.2, 0.25) is 10.4 Å². The number of alkyl halides is 6. The lowest BCUT2D eigenvalue weighted by molar-refractivity contribution is -0.138. The Morgan fingerprint density at radius 2 is 1.08 bits per heavy atom. The van der Waals surface area contributed by atoms with Crippen LogP contribution >= 0.6 is 38.4 Å². The topological polar surface area (TPSA) is 147 Å². The van der Waals surface area contributed by atoms with Gasteiger partial charge < -0.3 is 28.7 Å². The molecule has 2 aliphatic heterocycles. The Balaban J connectivity index is 0.000000201. The van der Waals surface area contributed by atoms with Gasteiger partial charge in [0, 0.05) is 23.8 Å². The number of rotatable bonds is 8. The van der Waals surface area contributed by atoms with Crippen LogP contribution in [0.3, 0.4) is 0 Å². The molecular weight excluding hydrogens is 787 g/mol. The number of halogens is 8. The molecule has 6 rings (SSSR count). The van der Waals surface area contributed by atoms with Crippen molar-refractivity contribution in [3.63, 3.8) is 0 Å². The molecular formula is C30H28Cl2F6N6O6P2. The van der Waals surface area contributed by atoms with Gasteiger partial charge in [0.05, 0.1) is 38.8 Å². The van der Waals surface area contributed by atoms with Gasteiger partial charge in [0.15, 0.2) is 0 Å². The van der Waals surface area contributed by atoms with Gasteiger partial charge in [-0.3, -0.25) is 9.13 Å². The summed E-state index contributed by atoms with van der Waals surface area (Å²) in [6.07, 6.45) is -6.35. The van der Waals surface area contributed by atoms with Crippen LogP contribution < -0.4 is 10.6 Å². The zero-order valence-electron chi connectivity index (χ0n) is 26.6. The number of nitrogens with zero attached hydrogens (tertiary/aromatic N) is 4. The van der Waals surface area contributed by atoms with Crippen molar-refractivity contribution in [3.8, 4) is 0 Å². The van der Waals surface area contributed by atoms with Gasteiger partial charge >= 0.3 is 27.5 Å². The highest BCUT2D eigenvalue weighted by Crippen LogP contribution is 2.54. The number of benzene rings is 2. The number of hydrogen-bond acceptors (Lipinski definition) is 12. The van der Waals surface area contributed by atoms with Crippen LogP contribution in [0.15, 0.2) is 60.9 Å². The van der Waals surface area contributed by atoms with Crippen LogP contribution in [0.25, 0.3) is 0 Å². The summed E-state index contributed by atoms with van der Waals surface area (Å²) in [6, 6.07) is 13.0. The average molecular weight is 815 g/mol. The van der Waals surface area contributed by atoms with Crippen molar-refractivity contribution in [1.82, 2.24) is 19.9 Å². The number of hydrogen-bond donors (Lipinski definition) is 2. The van der Waals surface area contributed by atoms with Gasteiger partial charge in [-0.15, -0.1) is 0 Å². The lowest BCUT2D eigenvalue weighted by Gasteiger charge is -2.23. The van der Waals surface area contributed by atoms with E-state index in [1.807, 2.05) is 0 Å². The van der Waals surface area contributed by atoms with Crippen molar-refractivity contribution in [1.29, 1.82) is 0 Å². The zero-order chi connectivity index (χ0) is 37.6. The molecule has 2 N–H and O–H groups in total. The Labute approximate surface area is 302 Å². The summed E-state index contributed by atoms with van der Waals surface area (Å²) in [6.45, 7) is 1.57. The molecule has 0 saturated carbocycles. The van der Waals surface area contributed by atoms with Crippen molar-refractivity contribution >= 4 is 61.5 Å². The van der Waals surface area contributed by atoms with Crippen molar-refractivity contribution in [3.05, 3.63) is 93.6 Å². The van der Waals surface area contributed by atoms with Crippen molar-refractivity contribution in [2.24, 2.45) is 0 Å². The highest BCUT2D eigenvalue weighted by molar-refractivity contribution is 7.53. The Morgan fingerprint density at radius 1 is 0.635 bits per heavy atom. The molecule has 0 bridgehead atoms. The number of aromatic nitrogens is 4. The van der Waals surface area contributed by atoms with Gasteiger partial charge in [0.2, 0.25) is 11.2 Å². The summed E-state index contributed by atoms with van der Waals surface area (Å²) in [4.78, 5) is 14.2. The minimum absolute atomic E-state index is 0.0671. The largest absolute Gasteiger partial charge is 0.421 e. The molecule has 2 aromatic heterocycles. The maximum Gasteiger partial charge on any atom is 0.421 e. The highest BCUT2D eigenvalue weighted by Gasteiger charge is 2.36. The van der Waals surface area contributed by atoms with Gasteiger partial charge in [-0.1, -0.05) is 35.9 Å². The predicted octanol–water partition coefficient (Wildman–Crippen LogP) is 10.0. The molecule has 12 nitrogen and oxygen atoms in total. The summed E-state index contributed by atoms with van der Waals surface area (Å²) in [5, 5.41) is 4.34. The first-order valence-corrected chi connectivity index (χ1v) is 19.4. The molecule has 0 radical (unpaired) electrons. The summed E-state index contributed by atoms with van der Waals surface area (Å²) in [5.74, 6) is -0.514. The van der Waals surface area contributed by atoms with E-state index in [2.05, 4.69) is 30.6 Å². The Bertz CT molecular complexity index is 1920. The number of anilines is 4. The molecule has 0 amide bonds. The fourth-order valence-corrected chi connectivity index (χ4v) is 8.39. The Morgan fingerprint density at radius 3 is 1.52 bits per heavy atom. The molecule has 2 aromatic carbocycles. The third-order valence-electron chi connectivity index (χ3n) is 7.02. The third-order valence-corrected chi connectivity index (χ3v) is 11.3. The van der Waals surface area contributed by atoms with E-state index in [0.717, 1.165) is 5.56 Å². The fourth-order valence-electron chi connectivity index (χ4n) is 4.56. The Kier molecular flexibility index (Phi) is 12.9. The van der Waals surface area contributed by atoms with E-state index in [4.69, 9.17) is 41.3 Å². The minimum atomic E-state index is -4.62. The summed E-state index contributed by atoms with van der Waals surface area (Å²) < 4.78 is 123. The Hall–Kier alpha value is -3.34. The summed E-state index contributed by atoms with van der Waals surface area (Å²) in [7, 11) is -6.27. The van der Waals surface area contributed by atoms with Crippen LogP contribution in [0.1, 0.15) is 35.1 Å². The van der Waals surface area contributed by atoms with Crippen molar-refractivity contribution in [2.75, 3.05) is 37.1 Å². The second-order valence-electron chi connectivity index (χ2n) is 11.0. The normalized spacial score (nSPS) is 17.1. The van der Waals surface area contributed by atoms with E-state index in [9.17, 15) is 35.5 Å². The molecule has 52 heavy (non-hydrogen) atoms. The number of nitrogens with one attached hydrogen (secondary N) is 2. The third kappa shape index (κ3) is 11.3. The van der Waals surface area contributed by atoms with E-state index in [1.165, 1.54) is 0 Å². The van der Waals surface area contributed by atoms with Gasteiger partial charge in [0.1, 0.15) is 22.1 Å². The molecule has 2 aliphatic rings. The first-order chi connectivity index (χ1) is 24.5. The average Bonchev–Trinajstić information content (AvgIpc) is 3.06. The fraction of sp³-hybridized carbons (Fsp3) is 0.333. The quantitative estimate of drug-likeness (QED) is 0.0755. The second kappa shape index (κ2) is 16.8. The maximum atomic E-state index is 13.0. The molecule has 2 saturated heterocycles. The van der Waals surface area contributed by atoms with Crippen molar-refractivity contribution in [2.45, 2.75) is 37.5 Å². The van der Waals surface area contributed by atoms with Crippen LogP contribution in [0, 0.1) is 0 Å². The van der Waals surface area contributed by atoms with E-state index in [-0.39, 0.29) is 23.6 Å². The second-order valence-corrected chi connectivity index (χ2v) is 15.8. The van der Waals surface area contributed by atoms with Crippen LogP contribution in [0.4, 0.5) is 49.5 Å². The molecule has 0 aliphatic carbocycles. The first kappa shape index (κ1) is 39.9. The molecule has 0 spiro atoms. The van der Waals surface area contributed by atoms with E-state index in [1.54, 1.807) is 48.5 Å². The highest BCUT2D eigenvalue weighted by atomic mass is 35.5. The van der Waals surface area contributed by atoms with Crippen LogP contribution in [-0.2, 0) is 51.9 Å². The molecule has 2 fully saturated rings. The standard InChI is InChI=1S/2C15H14ClF3N3O3P/c16-14-20-8-12(15(17,18)19)13(22-14)21-11-4-2-10(3-5-11)9-26(23)24-6-1-7-25-26;16-13-12(15(17,18)19)8-20-14(22-13)21-11-4-2-10(3-5-11)9-26(23)24-6-1-7-25-26/h2*2-5,8H,1,6-7,9H2,(H,20,21,22). The molecule has 22 heteroatoms. The molecule has 280 valence electrons. The van der Waals surface area contributed by atoms with Gasteiger partial charge in [-0.2, -0.15) is 31.3 Å². The maximum absolute atomic E-state index is 13.0. The summed E-state index contributed by atoms with van der Waals surface area (Å²) in [5.41, 5.74) is 0.187. The molecule has 4 heterocycles. The zero-order valence-corrected chi connectivity index (χ0v) is 29.9. The smallest absolute Gasteiger partial charge is 0.340 e.